The average Bonchev–Trinajstić information content (AvgIpc) is 2.38. The molecule has 1 aliphatic rings. The van der Waals surface area contributed by atoms with Crippen molar-refractivity contribution in [2.24, 2.45) is 5.11 Å². The third-order valence-corrected chi connectivity index (χ3v) is 2.43. The van der Waals surface area contributed by atoms with Crippen molar-refractivity contribution in [3.05, 3.63) is 10.4 Å². The number of ether oxygens (including phenoxy) is 1. The first-order valence-corrected chi connectivity index (χ1v) is 5.85. The van der Waals surface area contributed by atoms with E-state index in [1.807, 2.05) is 0 Å². The number of amides is 1. The lowest BCUT2D eigenvalue weighted by Crippen LogP contribution is -2.39. The zero-order valence-electron chi connectivity index (χ0n) is 10.9. The number of ketones is 1. The Balaban J connectivity index is 2.66. The van der Waals surface area contributed by atoms with Crippen molar-refractivity contribution in [2.45, 2.75) is 45.3 Å². The Kier molecular flexibility index (Phi) is 4.55. The van der Waals surface area contributed by atoms with Gasteiger partial charge in [0.05, 0.1) is 6.54 Å². The first-order valence-electron chi connectivity index (χ1n) is 5.85. The van der Waals surface area contributed by atoms with Crippen molar-refractivity contribution in [3.63, 3.8) is 0 Å². The van der Waals surface area contributed by atoms with E-state index >= 15 is 0 Å². The van der Waals surface area contributed by atoms with Crippen molar-refractivity contribution in [3.8, 4) is 0 Å². The van der Waals surface area contributed by atoms with Gasteiger partial charge in [0.15, 0.2) is 5.78 Å². The minimum absolute atomic E-state index is 0.0202. The average molecular weight is 254 g/mol. The third-order valence-electron chi connectivity index (χ3n) is 2.43. The number of nitrogens with zero attached hydrogens (tertiary/aromatic N) is 4. The number of rotatable bonds is 1. The second-order valence-electron chi connectivity index (χ2n) is 5.29. The number of hydrogen-bond acceptors (Lipinski definition) is 4. The van der Waals surface area contributed by atoms with Gasteiger partial charge in [0.25, 0.3) is 0 Å². The van der Waals surface area contributed by atoms with Crippen LogP contribution in [0.5, 0.6) is 0 Å². The summed E-state index contributed by atoms with van der Waals surface area (Å²) in [5, 5.41) is 3.54. The minimum atomic E-state index is -0.587. The highest BCUT2D eigenvalue weighted by molar-refractivity contribution is 5.85. The summed E-state index contributed by atoms with van der Waals surface area (Å²) in [7, 11) is 0. The Hall–Kier alpha value is -1.75. The SMILES string of the molecule is CC(C)(C)OC(=O)N1CC[C@H](N=[N+]=[N-])CC(=O)C1. The van der Waals surface area contributed by atoms with E-state index in [2.05, 4.69) is 10.0 Å². The van der Waals surface area contributed by atoms with Crippen LogP contribution in [0.2, 0.25) is 0 Å². The molecule has 18 heavy (non-hydrogen) atoms. The molecule has 0 unspecified atom stereocenters. The van der Waals surface area contributed by atoms with Gasteiger partial charge >= 0.3 is 6.09 Å². The van der Waals surface area contributed by atoms with Crippen LogP contribution in [0.3, 0.4) is 0 Å². The molecule has 100 valence electrons. The molecule has 0 spiro atoms. The van der Waals surface area contributed by atoms with E-state index in [0.29, 0.717) is 13.0 Å². The molecule has 1 amide bonds. The van der Waals surface area contributed by atoms with Gasteiger partial charge < -0.3 is 9.64 Å². The van der Waals surface area contributed by atoms with Crippen LogP contribution < -0.4 is 0 Å². The summed E-state index contributed by atoms with van der Waals surface area (Å²) < 4.78 is 5.21. The monoisotopic (exact) mass is 254 g/mol. The summed E-state index contributed by atoms with van der Waals surface area (Å²) in [5.74, 6) is -0.115. The fourth-order valence-corrected chi connectivity index (χ4v) is 1.68. The molecule has 0 aromatic carbocycles. The molecule has 0 aliphatic carbocycles. The van der Waals surface area contributed by atoms with Crippen LogP contribution in [0.1, 0.15) is 33.6 Å². The second-order valence-corrected chi connectivity index (χ2v) is 5.29. The summed E-state index contributed by atoms with van der Waals surface area (Å²) in [6, 6.07) is -0.366. The van der Waals surface area contributed by atoms with Crippen LogP contribution in [0, 0.1) is 0 Å². The van der Waals surface area contributed by atoms with Gasteiger partial charge in [-0.2, -0.15) is 0 Å². The van der Waals surface area contributed by atoms with Gasteiger partial charge in [0, 0.05) is 23.9 Å². The second kappa shape index (κ2) is 5.73. The molecular formula is C11H18N4O3. The lowest BCUT2D eigenvalue weighted by molar-refractivity contribution is -0.119. The van der Waals surface area contributed by atoms with E-state index in [-0.39, 0.29) is 24.8 Å². The fourth-order valence-electron chi connectivity index (χ4n) is 1.68. The van der Waals surface area contributed by atoms with E-state index < -0.39 is 11.7 Å². The lowest BCUT2D eigenvalue weighted by Gasteiger charge is -2.25. The first kappa shape index (κ1) is 14.3. The Labute approximate surface area is 106 Å². The van der Waals surface area contributed by atoms with Gasteiger partial charge in [-0.1, -0.05) is 5.11 Å². The van der Waals surface area contributed by atoms with Gasteiger partial charge in [0.2, 0.25) is 0 Å². The quantitative estimate of drug-likeness (QED) is 0.408. The maximum atomic E-state index is 11.8. The molecular weight excluding hydrogens is 236 g/mol. The van der Waals surface area contributed by atoms with E-state index in [9.17, 15) is 9.59 Å². The first-order chi connectivity index (χ1) is 8.31. The lowest BCUT2D eigenvalue weighted by atomic mass is 10.1. The molecule has 7 heteroatoms. The van der Waals surface area contributed by atoms with Crippen molar-refractivity contribution in [1.29, 1.82) is 0 Å². The van der Waals surface area contributed by atoms with Crippen LogP contribution in [0.25, 0.3) is 10.4 Å². The topological polar surface area (TPSA) is 95.4 Å². The van der Waals surface area contributed by atoms with Gasteiger partial charge in [-0.05, 0) is 32.7 Å². The Bertz CT molecular complexity index is 382. The van der Waals surface area contributed by atoms with E-state index in [1.165, 1.54) is 4.90 Å². The maximum Gasteiger partial charge on any atom is 0.410 e. The van der Waals surface area contributed by atoms with Gasteiger partial charge in [-0.15, -0.1) is 0 Å². The number of azide groups is 1. The van der Waals surface area contributed by atoms with Crippen LogP contribution in [0.15, 0.2) is 5.11 Å². The van der Waals surface area contributed by atoms with Gasteiger partial charge in [-0.3, -0.25) is 4.79 Å². The smallest absolute Gasteiger partial charge is 0.410 e. The molecule has 1 heterocycles. The highest BCUT2D eigenvalue weighted by atomic mass is 16.6. The van der Waals surface area contributed by atoms with E-state index in [0.717, 1.165) is 0 Å². The zero-order valence-corrected chi connectivity index (χ0v) is 10.9. The number of likely N-dealkylation sites (tertiary alicyclic amines) is 1. The van der Waals surface area contributed by atoms with Crippen molar-refractivity contribution in [1.82, 2.24) is 4.90 Å². The standard InChI is InChI=1S/C11H18N4O3/c1-11(2,3)18-10(17)15-5-4-8(13-14-12)6-9(16)7-15/h8H,4-7H2,1-3H3/t8-/m0/s1. The largest absolute Gasteiger partial charge is 0.444 e. The summed E-state index contributed by atoms with van der Waals surface area (Å²) in [6.07, 6.45) is 0.163. The molecule has 0 radical (unpaired) electrons. The molecule has 1 saturated heterocycles. The van der Waals surface area contributed by atoms with Crippen molar-refractivity contribution < 1.29 is 14.3 Å². The Morgan fingerprint density at radius 2 is 2.22 bits per heavy atom. The van der Waals surface area contributed by atoms with E-state index in [1.54, 1.807) is 20.8 Å². The van der Waals surface area contributed by atoms with Gasteiger partial charge in [-0.25, -0.2) is 4.79 Å². The highest BCUT2D eigenvalue weighted by Gasteiger charge is 2.28. The normalized spacial score (nSPS) is 20.9. The number of hydrogen-bond donors (Lipinski definition) is 0. The highest BCUT2D eigenvalue weighted by Crippen LogP contribution is 2.15. The van der Waals surface area contributed by atoms with Crippen molar-refractivity contribution >= 4 is 11.9 Å². The molecule has 1 rings (SSSR count). The Morgan fingerprint density at radius 3 is 2.78 bits per heavy atom. The van der Waals surface area contributed by atoms with Gasteiger partial charge in [0.1, 0.15) is 5.60 Å². The molecule has 0 N–H and O–H groups in total. The summed E-state index contributed by atoms with van der Waals surface area (Å²) >= 11 is 0. The summed E-state index contributed by atoms with van der Waals surface area (Å²) in [6.45, 7) is 5.70. The zero-order chi connectivity index (χ0) is 13.8. The van der Waals surface area contributed by atoms with Crippen LogP contribution in [-0.4, -0.2) is 41.5 Å². The minimum Gasteiger partial charge on any atom is -0.444 e. The molecule has 0 aromatic rings. The number of carbonyl (C=O) groups excluding carboxylic acids is 2. The fraction of sp³-hybridized carbons (Fsp3) is 0.818. The molecule has 0 aromatic heterocycles. The summed E-state index contributed by atoms with van der Waals surface area (Å²) in [5.41, 5.74) is 7.78. The van der Waals surface area contributed by atoms with Crippen LogP contribution >= 0.6 is 0 Å². The maximum absolute atomic E-state index is 11.8. The molecule has 0 saturated carbocycles. The van der Waals surface area contributed by atoms with Crippen LogP contribution in [-0.2, 0) is 9.53 Å². The molecule has 1 fully saturated rings. The van der Waals surface area contributed by atoms with E-state index in [4.69, 9.17) is 10.3 Å². The number of Topliss-reactive ketones (excluding diaryl/α,β-unsaturated/α-hetero) is 1. The third kappa shape index (κ3) is 4.63. The Morgan fingerprint density at radius 1 is 1.56 bits per heavy atom. The van der Waals surface area contributed by atoms with Crippen molar-refractivity contribution in [2.75, 3.05) is 13.1 Å². The number of carbonyl (C=O) groups is 2. The predicted octanol–water partition coefficient (Wildman–Crippen LogP) is 2.27. The molecule has 7 nitrogen and oxygen atoms in total. The molecule has 1 atom stereocenters. The molecule has 0 bridgehead atoms. The predicted molar refractivity (Wildman–Crippen MR) is 65.0 cm³/mol. The molecule has 1 aliphatic heterocycles. The summed E-state index contributed by atoms with van der Waals surface area (Å²) in [4.78, 5) is 27.5. The van der Waals surface area contributed by atoms with Crippen LogP contribution in [0.4, 0.5) is 4.79 Å².